The van der Waals surface area contributed by atoms with E-state index in [0.29, 0.717) is 5.56 Å². The van der Waals surface area contributed by atoms with Crippen molar-refractivity contribution in [2.24, 2.45) is 0 Å². The summed E-state index contributed by atoms with van der Waals surface area (Å²) >= 11 is 1.96. The Morgan fingerprint density at radius 2 is 2.33 bits per heavy atom. The van der Waals surface area contributed by atoms with Crippen LogP contribution in [0.25, 0.3) is 0 Å². The van der Waals surface area contributed by atoms with E-state index in [1.54, 1.807) is 6.92 Å². The highest BCUT2D eigenvalue weighted by atomic mass is 32.2. The fourth-order valence-electron chi connectivity index (χ4n) is 3.15. The first-order valence-corrected chi connectivity index (χ1v) is 8.73. The first-order valence-electron chi connectivity index (χ1n) is 7.58. The van der Waals surface area contributed by atoms with E-state index in [4.69, 9.17) is 9.47 Å². The van der Waals surface area contributed by atoms with Gasteiger partial charge in [-0.15, -0.1) is 0 Å². The maximum Gasteiger partial charge on any atom is 0.163 e. The minimum atomic E-state index is 0.00860. The lowest BCUT2D eigenvalue weighted by Gasteiger charge is -2.37. The Bertz CT molecular complexity index is 535. The number of benzene rings is 1. The summed E-state index contributed by atoms with van der Waals surface area (Å²) in [5.41, 5.74) is 1.79. The lowest BCUT2D eigenvalue weighted by Crippen LogP contribution is -2.44. The Kier molecular flexibility index (Phi) is 4.27. The molecule has 4 heteroatoms. The monoisotopic (exact) mass is 306 g/mol. The van der Waals surface area contributed by atoms with Gasteiger partial charge in [0, 0.05) is 18.6 Å². The highest BCUT2D eigenvalue weighted by Crippen LogP contribution is 2.39. The summed E-state index contributed by atoms with van der Waals surface area (Å²) < 4.78 is 12.2. The second-order valence-electron chi connectivity index (χ2n) is 6.12. The topological polar surface area (TPSA) is 35.5 Å². The zero-order valence-electron chi connectivity index (χ0n) is 12.7. The highest BCUT2D eigenvalue weighted by molar-refractivity contribution is 7.99. The first kappa shape index (κ1) is 14.9. The molecule has 3 nitrogen and oxygen atoms in total. The number of ketones is 1. The van der Waals surface area contributed by atoms with Crippen LogP contribution in [-0.2, 0) is 4.74 Å². The predicted octanol–water partition coefficient (Wildman–Crippen LogP) is 3.63. The zero-order valence-corrected chi connectivity index (χ0v) is 13.5. The number of rotatable bonds is 3. The van der Waals surface area contributed by atoms with Crippen molar-refractivity contribution in [3.8, 4) is 5.75 Å². The van der Waals surface area contributed by atoms with Crippen LogP contribution in [0.15, 0.2) is 18.2 Å². The number of hydrogen-bond donors (Lipinski definition) is 0. The van der Waals surface area contributed by atoms with Gasteiger partial charge in [0.2, 0.25) is 0 Å². The van der Waals surface area contributed by atoms with Crippen LogP contribution in [-0.4, -0.2) is 35.6 Å². The molecule has 0 aromatic heterocycles. The van der Waals surface area contributed by atoms with Gasteiger partial charge in [0.15, 0.2) is 5.78 Å². The molecule has 114 valence electrons. The molecule has 2 atom stereocenters. The van der Waals surface area contributed by atoms with Gasteiger partial charge in [-0.2, -0.15) is 11.8 Å². The Morgan fingerprint density at radius 1 is 1.48 bits per heavy atom. The molecule has 0 N–H and O–H groups in total. The molecule has 2 heterocycles. The van der Waals surface area contributed by atoms with Gasteiger partial charge in [0.25, 0.3) is 0 Å². The van der Waals surface area contributed by atoms with E-state index in [-0.39, 0.29) is 17.5 Å². The van der Waals surface area contributed by atoms with E-state index in [9.17, 15) is 4.79 Å². The standard InChI is InChI=1S/C17H22O3S/c1-12-3-4-16(15(9-12)13(2)18)20-14-5-7-19-17(10-14)6-8-21-11-17/h3-4,9,14H,5-8,10-11H2,1-2H3. The van der Waals surface area contributed by atoms with Crippen LogP contribution in [0.4, 0.5) is 0 Å². The van der Waals surface area contributed by atoms with Crippen molar-refractivity contribution in [3.63, 3.8) is 0 Å². The third kappa shape index (κ3) is 3.27. The Labute approximate surface area is 130 Å². The quantitative estimate of drug-likeness (QED) is 0.799. The molecule has 0 amide bonds. The van der Waals surface area contributed by atoms with Crippen molar-refractivity contribution in [3.05, 3.63) is 29.3 Å². The fraction of sp³-hybridized carbons (Fsp3) is 0.588. The predicted molar refractivity (Wildman–Crippen MR) is 85.5 cm³/mol. The second kappa shape index (κ2) is 6.01. The molecule has 0 saturated carbocycles. The van der Waals surface area contributed by atoms with Gasteiger partial charge in [0.1, 0.15) is 11.9 Å². The Morgan fingerprint density at radius 3 is 3.05 bits per heavy atom. The van der Waals surface area contributed by atoms with Crippen LogP contribution < -0.4 is 4.74 Å². The van der Waals surface area contributed by atoms with Gasteiger partial charge in [-0.1, -0.05) is 11.6 Å². The third-order valence-electron chi connectivity index (χ3n) is 4.32. The molecule has 1 spiro atoms. The van der Waals surface area contributed by atoms with Crippen molar-refractivity contribution in [1.29, 1.82) is 0 Å². The summed E-state index contributed by atoms with van der Waals surface area (Å²) in [7, 11) is 0. The van der Waals surface area contributed by atoms with Crippen LogP contribution >= 0.6 is 11.8 Å². The van der Waals surface area contributed by atoms with Crippen LogP contribution in [0, 0.1) is 6.92 Å². The zero-order chi connectivity index (χ0) is 14.9. The number of hydrogen-bond acceptors (Lipinski definition) is 4. The smallest absolute Gasteiger partial charge is 0.163 e. The number of ether oxygens (including phenoxy) is 2. The van der Waals surface area contributed by atoms with Gasteiger partial charge >= 0.3 is 0 Å². The minimum Gasteiger partial charge on any atom is -0.489 e. The highest BCUT2D eigenvalue weighted by Gasteiger charge is 2.41. The third-order valence-corrected chi connectivity index (χ3v) is 5.55. The van der Waals surface area contributed by atoms with Crippen molar-refractivity contribution in [2.45, 2.75) is 44.8 Å². The number of carbonyl (C=O) groups is 1. The van der Waals surface area contributed by atoms with Gasteiger partial charge in [-0.05, 0) is 38.2 Å². The molecule has 0 bridgehead atoms. The average molecular weight is 306 g/mol. The van der Waals surface area contributed by atoms with E-state index in [1.165, 1.54) is 5.75 Å². The molecule has 2 unspecified atom stereocenters. The largest absolute Gasteiger partial charge is 0.489 e. The summed E-state index contributed by atoms with van der Waals surface area (Å²) in [6.45, 7) is 4.35. The average Bonchev–Trinajstić information content (AvgIpc) is 2.88. The maximum atomic E-state index is 11.8. The fourth-order valence-corrected chi connectivity index (χ4v) is 4.53. The van der Waals surface area contributed by atoms with Gasteiger partial charge in [0.05, 0.1) is 17.8 Å². The van der Waals surface area contributed by atoms with Crippen LogP contribution in [0.5, 0.6) is 5.75 Å². The number of aryl methyl sites for hydroxylation is 1. The summed E-state index contributed by atoms with van der Waals surface area (Å²) in [5.74, 6) is 3.03. The molecule has 0 radical (unpaired) electrons. The molecule has 2 aliphatic heterocycles. The van der Waals surface area contributed by atoms with E-state index in [2.05, 4.69) is 0 Å². The van der Waals surface area contributed by atoms with Crippen LogP contribution in [0.3, 0.4) is 0 Å². The Hall–Kier alpha value is -1.00. The molecule has 0 aliphatic carbocycles. The van der Waals surface area contributed by atoms with E-state index in [0.717, 1.165) is 42.9 Å². The Balaban J connectivity index is 1.75. The van der Waals surface area contributed by atoms with E-state index >= 15 is 0 Å². The molecule has 2 aliphatic rings. The van der Waals surface area contributed by atoms with Gasteiger partial charge < -0.3 is 9.47 Å². The molecular weight excluding hydrogens is 284 g/mol. The van der Waals surface area contributed by atoms with Crippen LogP contribution in [0.1, 0.15) is 42.1 Å². The molecule has 2 saturated heterocycles. The second-order valence-corrected chi connectivity index (χ2v) is 7.23. The van der Waals surface area contributed by atoms with E-state index in [1.807, 2.05) is 36.9 Å². The molecular formula is C17H22O3S. The van der Waals surface area contributed by atoms with Crippen molar-refractivity contribution >= 4 is 17.5 Å². The number of carbonyl (C=O) groups excluding carboxylic acids is 1. The number of Topliss-reactive ketones (excluding diaryl/α,β-unsaturated/α-hetero) is 1. The molecule has 2 fully saturated rings. The maximum absolute atomic E-state index is 11.8. The molecule has 3 rings (SSSR count). The molecule has 21 heavy (non-hydrogen) atoms. The molecule has 1 aromatic rings. The number of thioether (sulfide) groups is 1. The van der Waals surface area contributed by atoms with Crippen LogP contribution in [0.2, 0.25) is 0 Å². The summed E-state index contributed by atoms with van der Waals surface area (Å²) in [5, 5.41) is 0. The minimum absolute atomic E-state index is 0.00860. The van der Waals surface area contributed by atoms with E-state index < -0.39 is 0 Å². The molecule has 1 aromatic carbocycles. The van der Waals surface area contributed by atoms with Crippen molar-refractivity contribution < 1.29 is 14.3 Å². The lowest BCUT2D eigenvalue weighted by atomic mass is 9.91. The lowest BCUT2D eigenvalue weighted by molar-refractivity contribution is -0.0959. The van der Waals surface area contributed by atoms with Gasteiger partial charge in [-0.25, -0.2) is 0 Å². The summed E-state index contributed by atoms with van der Waals surface area (Å²) in [6, 6.07) is 5.85. The van der Waals surface area contributed by atoms with Gasteiger partial charge in [-0.3, -0.25) is 4.79 Å². The van der Waals surface area contributed by atoms with Crippen molar-refractivity contribution in [1.82, 2.24) is 0 Å². The SMILES string of the molecule is CC(=O)c1cc(C)ccc1OC1CCOC2(CCSC2)C1. The normalized spacial score (nSPS) is 28.8. The van der Waals surface area contributed by atoms with Crippen molar-refractivity contribution in [2.75, 3.05) is 18.1 Å². The summed E-state index contributed by atoms with van der Waals surface area (Å²) in [6.07, 6.45) is 3.10. The summed E-state index contributed by atoms with van der Waals surface area (Å²) in [4.78, 5) is 11.8. The first-order chi connectivity index (χ1) is 10.1.